The van der Waals surface area contributed by atoms with Gasteiger partial charge in [0.1, 0.15) is 0 Å². The van der Waals surface area contributed by atoms with E-state index >= 15 is 0 Å². The van der Waals surface area contributed by atoms with E-state index in [4.69, 9.17) is 12.2 Å². The first kappa shape index (κ1) is 12.4. The Morgan fingerprint density at radius 1 is 1.56 bits per heavy atom. The fourth-order valence-corrected chi connectivity index (χ4v) is 0.607. The molecule has 0 nitrogen and oxygen atoms in total. The standard InChI is InChI=1S/C6H5S.BrH.Zn/c7-6-4-2-1-3-5-6;;/h1-3H,4H2;1H;/q-1;;+2/p-1. The Morgan fingerprint density at radius 3 is 2.44 bits per heavy atom. The average Bonchev–Trinajstić information content (AvgIpc) is 1.69. The van der Waals surface area contributed by atoms with Crippen molar-refractivity contribution in [3.63, 3.8) is 0 Å². The van der Waals surface area contributed by atoms with Gasteiger partial charge in [0.05, 0.1) is 0 Å². The van der Waals surface area contributed by atoms with E-state index in [0.29, 0.717) is 0 Å². The third-order valence-electron chi connectivity index (χ3n) is 0.780. The van der Waals surface area contributed by atoms with Crippen molar-refractivity contribution in [3.8, 4) is 0 Å². The summed E-state index contributed by atoms with van der Waals surface area (Å²) in [6.07, 6.45) is 9.62. The van der Waals surface area contributed by atoms with Crippen LogP contribution in [-0.4, -0.2) is 4.86 Å². The van der Waals surface area contributed by atoms with E-state index < -0.39 is 0 Å². The van der Waals surface area contributed by atoms with Crippen LogP contribution in [0.5, 0.6) is 0 Å². The molecular formula is C6H5BrSZn. The Bertz CT molecular complexity index is 140. The fourth-order valence-electron chi connectivity index (χ4n) is 0.443. The van der Waals surface area contributed by atoms with Crippen LogP contribution in [0.4, 0.5) is 0 Å². The molecule has 0 aliphatic heterocycles. The number of rotatable bonds is 0. The molecule has 0 radical (unpaired) electrons. The Kier molecular flexibility index (Phi) is 9.32. The number of thiocarbonyl (C=S) groups is 1. The monoisotopic (exact) mass is 252 g/mol. The van der Waals surface area contributed by atoms with Crippen molar-refractivity contribution in [3.05, 3.63) is 24.3 Å². The van der Waals surface area contributed by atoms with Crippen LogP contribution in [0.1, 0.15) is 6.42 Å². The summed E-state index contributed by atoms with van der Waals surface area (Å²) in [6.45, 7) is 0. The zero-order valence-corrected chi connectivity index (χ0v) is 10.3. The maximum absolute atomic E-state index is 4.81. The molecule has 0 bridgehead atoms. The molecule has 1 aliphatic carbocycles. The van der Waals surface area contributed by atoms with Gasteiger partial charge in [-0.1, -0.05) is 4.86 Å². The molecule has 0 aromatic heterocycles. The first-order valence-electron chi connectivity index (χ1n) is 2.17. The minimum absolute atomic E-state index is 0. The molecule has 0 unspecified atom stereocenters. The second kappa shape index (κ2) is 6.79. The topological polar surface area (TPSA) is 0 Å². The van der Waals surface area contributed by atoms with Crippen LogP contribution in [-0.2, 0) is 19.5 Å². The van der Waals surface area contributed by atoms with Crippen molar-refractivity contribution in [1.29, 1.82) is 0 Å². The normalized spacial score (nSPS) is 14.0. The van der Waals surface area contributed by atoms with E-state index in [9.17, 15) is 0 Å². The Balaban J connectivity index is 0. The summed E-state index contributed by atoms with van der Waals surface area (Å²) in [4.78, 5) is 0.905. The molecule has 0 atom stereocenters. The summed E-state index contributed by atoms with van der Waals surface area (Å²) in [5.41, 5.74) is 0. The van der Waals surface area contributed by atoms with E-state index in [1.807, 2.05) is 18.2 Å². The van der Waals surface area contributed by atoms with Crippen LogP contribution in [0, 0.1) is 6.08 Å². The third-order valence-corrected chi connectivity index (χ3v) is 1.06. The maximum Gasteiger partial charge on any atom is 2.00 e. The van der Waals surface area contributed by atoms with Crippen LogP contribution in [0.2, 0.25) is 0 Å². The van der Waals surface area contributed by atoms with E-state index in [-0.39, 0.29) is 36.5 Å². The van der Waals surface area contributed by atoms with Crippen molar-refractivity contribution in [2.24, 2.45) is 0 Å². The van der Waals surface area contributed by atoms with Gasteiger partial charge in [-0.05, 0) is 6.42 Å². The molecule has 0 saturated heterocycles. The Labute approximate surface area is 83.9 Å². The van der Waals surface area contributed by atoms with Gasteiger partial charge in [0, 0.05) is 0 Å². The average molecular weight is 254 g/mol. The number of allylic oxidation sites excluding steroid dienone is 4. The van der Waals surface area contributed by atoms with Crippen LogP contribution in [0.25, 0.3) is 0 Å². The molecule has 1 aliphatic rings. The Hall–Kier alpha value is 0.673. The van der Waals surface area contributed by atoms with Crippen molar-refractivity contribution in [2.45, 2.75) is 6.42 Å². The smallest absolute Gasteiger partial charge is 1.00 e. The van der Waals surface area contributed by atoms with Crippen molar-refractivity contribution >= 4 is 17.1 Å². The van der Waals surface area contributed by atoms with Crippen LogP contribution in [0.3, 0.4) is 0 Å². The van der Waals surface area contributed by atoms with E-state index in [1.54, 1.807) is 0 Å². The molecule has 0 amide bonds. The fraction of sp³-hybridized carbons (Fsp3) is 0.167. The summed E-state index contributed by atoms with van der Waals surface area (Å²) < 4.78 is 0. The molecule has 3 heteroatoms. The summed E-state index contributed by atoms with van der Waals surface area (Å²) in [5.74, 6) is 0. The molecule has 0 fully saturated rings. The van der Waals surface area contributed by atoms with Gasteiger partial charge in [-0.3, -0.25) is 0 Å². The van der Waals surface area contributed by atoms with Crippen molar-refractivity contribution < 1.29 is 36.5 Å². The minimum Gasteiger partial charge on any atom is -1.00 e. The number of hydrogen-bond acceptors (Lipinski definition) is 1. The van der Waals surface area contributed by atoms with Gasteiger partial charge in [0.2, 0.25) is 0 Å². The Morgan fingerprint density at radius 2 is 2.22 bits per heavy atom. The molecule has 0 saturated carbocycles. The second-order valence-electron chi connectivity index (χ2n) is 1.37. The zero-order valence-electron chi connectivity index (χ0n) is 4.93. The SMILES string of the molecule is S=C1[C-]=CC=CC1.[Br-].[Zn+2]. The molecule has 0 aromatic carbocycles. The largest absolute Gasteiger partial charge is 2.00 e. The molecule has 0 N–H and O–H groups in total. The molecule has 44 valence electrons. The molecular weight excluding hydrogens is 249 g/mol. The molecule has 1 rings (SSSR count). The van der Waals surface area contributed by atoms with Crippen LogP contribution in [0.15, 0.2) is 18.2 Å². The van der Waals surface area contributed by atoms with Gasteiger partial charge in [-0.15, -0.1) is 12.2 Å². The van der Waals surface area contributed by atoms with Gasteiger partial charge in [0.15, 0.2) is 0 Å². The summed E-state index contributed by atoms with van der Waals surface area (Å²) >= 11 is 4.81. The van der Waals surface area contributed by atoms with Crippen molar-refractivity contribution in [1.82, 2.24) is 0 Å². The number of halogens is 1. The summed E-state index contributed by atoms with van der Waals surface area (Å²) in [6, 6.07) is 0. The quantitative estimate of drug-likeness (QED) is 0.293. The molecule has 9 heavy (non-hydrogen) atoms. The van der Waals surface area contributed by atoms with Gasteiger partial charge < -0.3 is 17.0 Å². The summed E-state index contributed by atoms with van der Waals surface area (Å²) in [7, 11) is 0. The maximum atomic E-state index is 4.81. The van der Waals surface area contributed by atoms with E-state index in [0.717, 1.165) is 11.3 Å². The van der Waals surface area contributed by atoms with E-state index in [2.05, 4.69) is 6.08 Å². The van der Waals surface area contributed by atoms with Gasteiger partial charge >= 0.3 is 19.5 Å². The molecule has 0 spiro atoms. The van der Waals surface area contributed by atoms with Crippen molar-refractivity contribution in [2.75, 3.05) is 0 Å². The van der Waals surface area contributed by atoms with Gasteiger partial charge in [-0.2, -0.15) is 6.08 Å². The van der Waals surface area contributed by atoms with E-state index in [1.165, 1.54) is 0 Å². The molecule has 0 heterocycles. The van der Waals surface area contributed by atoms with Gasteiger partial charge in [-0.25, -0.2) is 18.2 Å². The first-order valence-corrected chi connectivity index (χ1v) is 2.58. The predicted molar refractivity (Wildman–Crippen MR) is 34.2 cm³/mol. The second-order valence-corrected chi connectivity index (χ2v) is 1.86. The van der Waals surface area contributed by atoms with Crippen LogP contribution < -0.4 is 17.0 Å². The predicted octanol–water partition coefficient (Wildman–Crippen LogP) is -1.32. The zero-order chi connectivity index (χ0) is 5.11. The third kappa shape index (κ3) is 5.13. The summed E-state index contributed by atoms with van der Waals surface area (Å²) in [5, 5.41) is 0. The molecule has 0 aromatic rings. The minimum atomic E-state index is 0. The van der Waals surface area contributed by atoms with Gasteiger partial charge in [0.25, 0.3) is 0 Å². The number of hydrogen-bond donors (Lipinski definition) is 0. The first-order chi connectivity index (χ1) is 3.39. The van der Waals surface area contributed by atoms with Crippen LogP contribution >= 0.6 is 12.2 Å².